The van der Waals surface area contributed by atoms with Gasteiger partial charge in [0.2, 0.25) is 0 Å². The van der Waals surface area contributed by atoms with Crippen LogP contribution in [0.4, 0.5) is 9.59 Å². The normalized spacial score (nSPS) is 27.5. The molecule has 0 saturated carbocycles. The number of amides is 2. The molecule has 2 N–H and O–H groups in total. The molecular weight excluding hydrogens is 732 g/mol. The number of ether oxygens (including phenoxy) is 11. The number of hydrogen-bond acceptors (Lipinski definition) is 17. The van der Waals surface area contributed by atoms with Gasteiger partial charge in [-0.1, -0.05) is 44.2 Å². The lowest BCUT2D eigenvalue weighted by molar-refractivity contribution is -0.362. The number of hydrogen-bond donors (Lipinski definition) is 2. The molecule has 10 atom stereocenters. The first-order chi connectivity index (χ1) is 26.2. The highest BCUT2D eigenvalue weighted by molar-refractivity contribution is 5.69. The maximum Gasteiger partial charge on any atom is 0.407 e. The summed E-state index contributed by atoms with van der Waals surface area (Å²) in [6, 6.07) is 9.21. The molecule has 2 heterocycles. The van der Waals surface area contributed by atoms with Crippen molar-refractivity contribution in [2.75, 3.05) is 40.0 Å². The van der Waals surface area contributed by atoms with E-state index in [4.69, 9.17) is 52.1 Å². The van der Waals surface area contributed by atoms with Gasteiger partial charge in [0.1, 0.15) is 31.5 Å². The Kier molecular flexibility index (Phi) is 18.5. The van der Waals surface area contributed by atoms with Gasteiger partial charge < -0.3 is 62.7 Å². The van der Waals surface area contributed by atoms with E-state index in [0.29, 0.717) is 6.42 Å². The van der Waals surface area contributed by atoms with Gasteiger partial charge in [0.05, 0.1) is 25.9 Å². The third kappa shape index (κ3) is 14.6. The van der Waals surface area contributed by atoms with Gasteiger partial charge in [0, 0.05) is 47.2 Å². The lowest BCUT2D eigenvalue weighted by atomic mass is 9.88. The quantitative estimate of drug-likeness (QED) is 0.123. The second kappa shape index (κ2) is 22.7. The van der Waals surface area contributed by atoms with Crippen LogP contribution < -0.4 is 10.6 Å². The molecule has 0 bridgehead atoms. The van der Waals surface area contributed by atoms with E-state index in [1.165, 1.54) is 14.0 Å². The molecule has 0 spiro atoms. The SMILES string of the molecule is CC[C@@H]1OC(OCCOCCNC(=O)OCc2ccccc2)[C@@H](O[C@H]2O[C@H](COC(C)=O)[C@@H](OC(C)=O)[C@H](OC(=O)NC)[C@@H]2OC(C)=O)[C@@H](OC(C)=O)[C@@H]1C. The maximum atomic E-state index is 12.6. The maximum absolute atomic E-state index is 12.6. The van der Waals surface area contributed by atoms with E-state index >= 15 is 0 Å². The third-order valence-electron chi connectivity index (χ3n) is 8.33. The zero-order chi connectivity index (χ0) is 40.5. The Labute approximate surface area is 319 Å². The molecule has 2 aliphatic rings. The van der Waals surface area contributed by atoms with Gasteiger partial charge in [-0.15, -0.1) is 0 Å². The highest BCUT2D eigenvalue weighted by atomic mass is 16.8. The number of rotatable bonds is 18. The van der Waals surface area contributed by atoms with E-state index in [9.17, 15) is 28.8 Å². The van der Waals surface area contributed by atoms with Crippen molar-refractivity contribution < 1.29 is 80.9 Å². The summed E-state index contributed by atoms with van der Waals surface area (Å²) < 4.78 is 63.2. The molecule has 308 valence electrons. The summed E-state index contributed by atoms with van der Waals surface area (Å²) in [5.74, 6) is -3.44. The van der Waals surface area contributed by atoms with Crippen molar-refractivity contribution in [3.8, 4) is 0 Å². The highest BCUT2D eigenvalue weighted by Gasteiger charge is 2.56. The molecule has 2 saturated heterocycles. The molecule has 2 aliphatic heterocycles. The van der Waals surface area contributed by atoms with E-state index < -0.39 is 104 Å². The summed E-state index contributed by atoms with van der Waals surface area (Å²) in [5.41, 5.74) is 0.843. The van der Waals surface area contributed by atoms with Gasteiger partial charge in [-0.05, 0) is 12.0 Å². The summed E-state index contributed by atoms with van der Waals surface area (Å²) >= 11 is 0. The zero-order valence-corrected chi connectivity index (χ0v) is 32.1. The van der Waals surface area contributed by atoms with Crippen LogP contribution in [0.2, 0.25) is 0 Å². The highest BCUT2D eigenvalue weighted by Crippen LogP contribution is 2.37. The van der Waals surface area contributed by atoms with Crippen molar-refractivity contribution >= 4 is 36.1 Å². The van der Waals surface area contributed by atoms with Crippen LogP contribution in [-0.2, 0) is 77.9 Å². The smallest absolute Gasteiger partial charge is 0.407 e. The number of benzene rings is 1. The van der Waals surface area contributed by atoms with Crippen molar-refractivity contribution in [3.63, 3.8) is 0 Å². The van der Waals surface area contributed by atoms with Crippen LogP contribution >= 0.6 is 0 Å². The van der Waals surface area contributed by atoms with Gasteiger partial charge in [0.25, 0.3) is 0 Å². The van der Waals surface area contributed by atoms with Crippen LogP contribution in [0.15, 0.2) is 30.3 Å². The zero-order valence-electron chi connectivity index (χ0n) is 32.1. The first kappa shape index (κ1) is 44.8. The van der Waals surface area contributed by atoms with Gasteiger partial charge in [-0.3, -0.25) is 19.2 Å². The number of carbonyl (C=O) groups is 6. The van der Waals surface area contributed by atoms with Crippen LogP contribution in [0.3, 0.4) is 0 Å². The summed E-state index contributed by atoms with van der Waals surface area (Å²) in [7, 11) is 1.28. The van der Waals surface area contributed by atoms with Gasteiger partial charge in [-0.25, -0.2) is 9.59 Å². The Hall–Kier alpha value is -4.56. The fourth-order valence-electron chi connectivity index (χ4n) is 5.92. The predicted molar refractivity (Wildman–Crippen MR) is 186 cm³/mol. The van der Waals surface area contributed by atoms with Crippen molar-refractivity contribution in [3.05, 3.63) is 35.9 Å². The lowest BCUT2D eigenvalue weighted by Crippen LogP contribution is -2.66. The molecule has 0 aliphatic carbocycles. The van der Waals surface area contributed by atoms with Gasteiger partial charge in [0.15, 0.2) is 30.9 Å². The van der Waals surface area contributed by atoms with Crippen LogP contribution in [-0.4, -0.2) is 131 Å². The van der Waals surface area contributed by atoms with Gasteiger partial charge >= 0.3 is 36.1 Å². The Morgan fingerprint density at radius 3 is 1.93 bits per heavy atom. The predicted octanol–water partition coefficient (Wildman–Crippen LogP) is 1.91. The fraction of sp³-hybridized carbons (Fsp3) is 0.667. The first-order valence-corrected chi connectivity index (χ1v) is 17.9. The summed E-state index contributed by atoms with van der Waals surface area (Å²) in [5, 5.41) is 4.88. The molecule has 1 aromatic carbocycles. The van der Waals surface area contributed by atoms with Crippen LogP contribution in [0.1, 0.15) is 53.5 Å². The standard InChI is InChI=1S/C36H52N2O17/c1-8-26-20(2)28(49-22(4)40)31(33(52-26)46-17-16-45-15-14-38-36(44)48-18-25-12-10-9-11-13-25)54-34-32(51-24(6)42)30(55-35(43)37-7)29(50-23(5)41)27(53-34)19-47-21(3)39/h9-13,20,26-34H,8,14-19H2,1-7H3,(H,37,43)(H,38,44)/t20-,26+,27-,28+,29-,30+,31+,32+,33?,34-/m1/s1. The number of carbonyl (C=O) groups excluding carboxylic acids is 6. The Balaban J connectivity index is 1.80. The summed E-state index contributed by atoms with van der Waals surface area (Å²) in [4.78, 5) is 73.4. The molecule has 0 aromatic heterocycles. The lowest BCUT2D eigenvalue weighted by Gasteiger charge is -2.48. The Bertz CT molecular complexity index is 1410. The Morgan fingerprint density at radius 1 is 0.673 bits per heavy atom. The van der Waals surface area contributed by atoms with E-state index in [2.05, 4.69) is 10.6 Å². The van der Waals surface area contributed by atoms with Crippen molar-refractivity contribution in [2.45, 2.75) is 110 Å². The molecule has 55 heavy (non-hydrogen) atoms. The van der Waals surface area contributed by atoms with Crippen molar-refractivity contribution in [1.29, 1.82) is 0 Å². The molecule has 3 rings (SSSR count). The van der Waals surface area contributed by atoms with Crippen molar-refractivity contribution in [1.82, 2.24) is 10.6 Å². The fourth-order valence-corrected chi connectivity index (χ4v) is 5.92. The molecule has 1 aromatic rings. The number of esters is 4. The average molecular weight is 785 g/mol. The van der Waals surface area contributed by atoms with E-state index in [1.807, 2.05) is 37.3 Å². The van der Waals surface area contributed by atoms with Gasteiger partial charge in [-0.2, -0.15) is 0 Å². The van der Waals surface area contributed by atoms with Crippen molar-refractivity contribution in [2.24, 2.45) is 5.92 Å². The third-order valence-corrected chi connectivity index (χ3v) is 8.33. The minimum Gasteiger partial charge on any atom is -0.463 e. The molecule has 19 nitrogen and oxygen atoms in total. The summed E-state index contributed by atoms with van der Waals surface area (Å²) in [6.07, 6.45) is -12.6. The Morgan fingerprint density at radius 2 is 1.31 bits per heavy atom. The topological polar surface area (TPSA) is 228 Å². The van der Waals surface area contributed by atoms with E-state index in [1.54, 1.807) is 6.92 Å². The molecule has 1 unspecified atom stereocenters. The minimum absolute atomic E-state index is 0.0461. The number of nitrogens with one attached hydrogen (secondary N) is 2. The number of alkyl carbamates (subject to hydrolysis) is 2. The second-order valence-electron chi connectivity index (χ2n) is 12.6. The van der Waals surface area contributed by atoms with Crippen LogP contribution in [0.5, 0.6) is 0 Å². The van der Waals surface area contributed by atoms with E-state index in [0.717, 1.165) is 26.3 Å². The van der Waals surface area contributed by atoms with E-state index in [-0.39, 0.29) is 33.0 Å². The monoisotopic (exact) mass is 784 g/mol. The largest absolute Gasteiger partial charge is 0.463 e. The molecular formula is C36H52N2O17. The second-order valence-corrected chi connectivity index (χ2v) is 12.6. The molecule has 2 fully saturated rings. The first-order valence-electron chi connectivity index (χ1n) is 17.9. The average Bonchev–Trinajstić information content (AvgIpc) is 3.13. The molecule has 19 heteroatoms. The molecule has 2 amide bonds. The summed E-state index contributed by atoms with van der Waals surface area (Å²) in [6.45, 7) is 8.13. The minimum atomic E-state index is -1.63. The molecule has 0 radical (unpaired) electrons. The van der Waals surface area contributed by atoms with Crippen LogP contribution in [0, 0.1) is 5.92 Å². The van der Waals surface area contributed by atoms with Crippen LogP contribution in [0.25, 0.3) is 0 Å².